The van der Waals surface area contributed by atoms with E-state index in [2.05, 4.69) is 20.2 Å². The Bertz CT molecular complexity index is 1700. The van der Waals surface area contributed by atoms with Gasteiger partial charge in [-0.15, -0.1) is 11.3 Å². The standard InChI is InChI=1S/C32H33N5O5S/c1-33-32-36-27(19-43-32)25(15-20-7-10-24(11-8-20)42-18-29(38)39)35-31(40)21-9-12-28-26(16-21)34-30(22-13-14-41-17-22)37(28)23-5-3-2-4-6-23/h7-14,16-17,19,23,25H,2-6,15,18H2,1H3,(H,33,36)(H,35,40)(H,38,39). The molecule has 6 rings (SSSR count). The van der Waals surface area contributed by atoms with E-state index in [1.54, 1.807) is 24.7 Å². The molecular weight excluding hydrogens is 566 g/mol. The van der Waals surface area contributed by atoms with E-state index in [1.165, 1.54) is 30.6 Å². The molecule has 0 aliphatic heterocycles. The number of aromatic nitrogens is 3. The van der Waals surface area contributed by atoms with Crippen molar-refractivity contribution >= 4 is 39.4 Å². The molecule has 1 aliphatic carbocycles. The fraction of sp³-hybridized carbons (Fsp3) is 0.312. The Morgan fingerprint density at radius 1 is 1.12 bits per heavy atom. The summed E-state index contributed by atoms with van der Waals surface area (Å²) in [7, 11) is 1.81. The van der Waals surface area contributed by atoms with Crippen molar-refractivity contribution in [2.45, 2.75) is 50.6 Å². The third-order valence-electron chi connectivity index (χ3n) is 7.79. The molecule has 3 aromatic heterocycles. The molecule has 1 aliphatic rings. The maximum absolute atomic E-state index is 13.7. The monoisotopic (exact) mass is 599 g/mol. The van der Waals surface area contributed by atoms with E-state index in [1.807, 2.05) is 48.8 Å². The Kier molecular flexibility index (Phi) is 8.41. The van der Waals surface area contributed by atoms with Gasteiger partial charge in [0, 0.05) is 24.0 Å². The highest BCUT2D eigenvalue weighted by Crippen LogP contribution is 2.36. The van der Waals surface area contributed by atoms with Gasteiger partial charge in [-0.3, -0.25) is 4.79 Å². The molecule has 0 bridgehead atoms. The number of carbonyl (C=O) groups is 2. The molecule has 0 spiro atoms. The number of carboxylic acids is 1. The Morgan fingerprint density at radius 3 is 2.63 bits per heavy atom. The first-order chi connectivity index (χ1) is 21.0. The number of ether oxygens (including phenoxy) is 1. The predicted molar refractivity (Wildman–Crippen MR) is 165 cm³/mol. The van der Waals surface area contributed by atoms with Gasteiger partial charge in [0.2, 0.25) is 0 Å². The Hall–Kier alpha value is -4.64. The predicted octanol–water partition coefficient (Wildman–Crippen LogP) is 6.48. The Labute approximate surface area is 252 Å². The highest BCUT2D eigenvalue weighted by atomic mass is 32.1. The summed E-state index contributed by atoms with van der Waals surface area (Å²) in [4.78, 5) is 34.2. The summed E-state index contributed by atoms with van der Waals surface area (Å²) in [5.74, 6) is 0.0781. The van der Waals surface area contributed by atoms with E-state index in [9.17, 15) is 9.59 Å². The fourth-order valence-corrected chi connectivity index (χ4v) is 6.40. The lowest BCUT2D eigenvalue weighted by Gasteiger charge is -2.25. The number of hydrogen-bond donors (Lipinski definition) is 3. The van der Waals surface area contributed by atoms with Gasteiger partial charge in [-0.25, -0.2) is 14.8 Å². The van der Waals surface area contributed by atoms with Gasteiger partial charge in [-0.2, -0.15) is 0 Å². The van der Waals surface area contributed by atoms with E-state index in [0.717, 1.165) is 51.7 Å². The molecule has 5 aromatic rings. The number of nitrogens with zero attached hydrogens (tertiary/aromatic N) is 3. The van der Waals surface area contributed by atoms with Crippen molar-refractivity contribution in [3.05, 3.63) is 83.3 Å². The number of rotatable bonds is 11. The lowest BCUT2D eigenvalue weighted by atomic mass is 9.95. The number of furan rings is 1. The van der Waals surface area contributed by atoms with Gasteiger partial charge in [0.05, 0.1) is 34.6 Å². The van der Waals surface area contributed by atoms with Crippen LogP contribution >= 0.6 is 11.3 Å². The summed E-state index contributed by atoms with van der Waals surface area (Å²) in [5, 5.41) is 17.8. The number of anilines is 1. The van der Waals surface area contributed by atoms with Crippen molar-refractivity contribution in [3.63, 3.8) is 0 Å². The van der Waals surface area contributed by atoms with Gasteiger partial charge in [0.1, 0.15) is 17.8 Å². The first-order valence-corrected chi connectivity index (χ1v) is 15.3. The minimum Gasteiger partial charge on any atom is -0.482 e. The number of hydrogen-bond acceptors (Lipinski definition) is 8. The van der Waals surface area contributed by atoms with Gasteiger partial charge in [0.15, 0.2) is 11.7 Å². The van der Waals surface area contributed by atoms with Gasteiger partial charge >= 0.3 is 5.97 Å². The number of carbonyl (C=O) groups excluding carboxylic acids is 1. The molecule has 10 nitrogen and oxygen atoms in total. The third-order valence-corrected chi connectivity index (χ3v) is 8.67. The SMILES string of the molecule is CNc1nc(C(Cc2ccc(OCC(=O)O)cc2)NC(=O)c2ccc3c(c2)nc(-c2ccoc2)n3C2CCCCC2)cs1. The second-order valence-corrected chi connectivity index (χ2v) is 11.6. The average Bonchev–Trinajstić information content (AvgIpc) is 3.80. The number of benzene rings is 2. The minimum absolute atomic E-state index is 0.218. The smallest absolute Gasteiger partial charge is 0.341 e. The number of fused-ring (bicyclic) bond motifs is 1. The highest BCUT2D eigenvalue weighted by Gasteiger charge is 2.25. The van der Waals surface area contributed by atoms with Crippen molar-refractivity contribution in [3.8, 4) is 17.1 Å². The molecule has 1 saturated carbocycles. The van der Waals surface area contributed by atoms with Crippen molar-refractivity contribution in [2.75, 3.05) is 19.0 Å². The first kappa shape index (κ1) is 28.5. The van der Waals surface area contributed by atoms with Crippen LogP contribution in [0.3, 0.4) is 0 Å². The largest absolute Gasteiger partial charge is 0.482 e. The molecule has 222 valence electrons. The van der Waals surface area contributed by atoms with E-state index in [0.29, 0.717) is 23.8 Å². The third kappa shape index (κ3) is 6.41. The molecule has 1 atom stereocenters. The zero-order valence-corrected chi connectivity index (χ0v) is 24.6. The summed E-state index contributed by atoms with van der Waals surface area (Å²) in [6.45, 7) is -0.406. The number of thiazole rings is 1. The van der Waals surface area contributed by atoms with Crippen LogP contribution in [0.25, 0.3) is 22.4 Å². The lowest BCUT2D eigenvalue weighted by Crippen LogP contribution is -2.30. The molecule has 2 aromatic carbocycles. The maximum atomic E-state index is 13.7. The van der Waals surface area contributed by atoms with E-state index >= 15 is 0 Å². The van der Waals surface area contributed by atoms with E-state index in [4.69, 9.17) is 19.2 Å². The molecule has 1 fully saturated rings. The number of imidazole rings is 1. The fourth-order valence-electron chi connectivity index (χ4n) is 5.68. The van der Waals surface area contributed by atoms with E-state index < -0.39 is 18.6 Å². The second kappa shape index (κ2) is 12.7. The summed E-state index contributed by atoms with van der Waals surface area (Å²) in [6.07, 6.45) is 9.73. The molecule has 0 saturated heterocycles. The van der Waals surface area contributed by atoms with Crippen molar-refractivity contribution < 1.29 is 23.8 Å². The molecule has 3 N–H and O–H groups in total. The van der Waals surface area contributed by atoms with Crippen LogP contribution in [0.1, 0.15) is 65.8 Å². The first-order valence-electron chi connectivity index (χ1n) is 14.4. The molecule has 11 heteroatoms. The van der Waals surface area contributed by atoms with Crippen LogP contribution in [-0.4, -0.2) is 45.2 Å². The molecule has 43 heavy (non-hydrogen) atoms. The summed E-state index contributed by atoms with van der Waals surface area (Å²) < 4.78 is 13.0. The molecule has 0 radical (unpaired) electrons. The van der Waals surface area contributed by atoms with Crippen LogP contribution in [0.5, 0.6) is 5.75 Å². The van der Waals surface area contributed by atoms with Crippen LogP contribution in [0, 0.1) is 0 Å². The molecular formula is C32H33N5O5S. The van der Waals surface area contributed by atoms with E-state index in [-0.39, 0.29) is 5.91 Å². The lowest BCUT2D eigenvalue weighted by molar-refractivity contribution is -0.139. The number of amides is 1. The normalized spacial score (nSPS) is 14.4. The molecule has 1 unspecified atom stereocenters. The van der Waals surface area contributed by atoms with Gasteiger partial charge in [-0.05, 0) is 61.2 Å². The number of aliphatic carboxylic acids is 1. The van der Waals surface area contributed by atoms with Crippen molar-refractivity contribution in [1.29, 1.82) is 0 Å². The van der Waals surface area contributed by atoms with Crippen LogP contribution < -0.4 is 15.4 Å². The summed E-state index contributed by atoms with van der Waals surface area (Å²) >= 11 is 1.47. The summed E-state index contributed by atoms with van der Waals surface area (Å²) in [6, 6.07) is 14.8. The van der Waals surface area contributed by atoms with Gasteiger partial charge in [-0.1, -0.05) is 31.4 Å². The Morgan fingerprint density at radius 2 is 1.93 bits per heavy atom. The van der Waals surface area contributed by atoms with Crippen LogP contribution in [0.2, 0.25) is 0 Å². The quantitative estimate of drug-likeness (QED) is 0.157. The second-order valence-electron chi connectivity index (χ2n) is 10.7. The van der Waals surface area contributed by atoms with Crippen LogP contribution in [0.15, 0.2) is 70.9 Å². The molecule has 1 amide bonds. The van der Waals surface area contributed by atoms with Crippen LogP contribution in [0.4, 0.5) is 5.13 Å². The maximum Gasteiger partial charge on any atom is 0.341 e. The van der Waals surface area contributed by atoms with Crippen molar-refractivity contribution in [1.82, 2.24) is 19.9 Å². The Balaban J connectivity index is 1.27. The summed E-state index contributed by atoms with van der Waals surface area (Å²) in [5.41, 5.74) is 4.92. The van der Waals surface area contributed by atoms with Crippen molar-refractivity contribution in [2.24, 2.45) is 0 Å². The minimum atomic E-state index is -1.03. The zero-order valence-electron chi connectivity index (χ0n) is 23.8. The number of nitrogens with one attached hydrogen (secondary N) is 2. The van der Waals surface area contributed by atoms with Gasteiger partial charge < -0.3 is 29.5 Å². The highest BCUT2D eigenvalue weighted by molar-refractivity contribution is 7.13. The average molecular weight is 600 g/mol. The zero-order chi connectivity index (χ0) is 29.8. The molecule has 3 heterocycles. The van der Waals surface area contributed by atoms with Crippen LogP contribution in [-0.2, 0) is 11.2 Å². The van der Waals surface area contributed by atoms with Gasteiger partial charge in [0.25, 0.3) is 5.91 Å². The topological polar surface area (TPSA) is 132 Å². The number of carboxylic acid groups (broad SMARTS) is 1.